The minimum absolute atomic E-state index is 0.0185. The van der Waals surface area contributed by atoms with Crippen molar-refractivity contribution in [3.05, 3.63) is 27.4 Å². The molecule has 1 aromatic rings. The summed E-state index contributed by atoms with van der Waals surface area (Å²) in [5, 5.41) is 0. The van der Waals surface area contributed by atoms with E-state index in [0.29, 0.717) is 0 Å². The zero-order valence-corrected chi connectivity index (χ0v) is 18.2. The van der Waals surface area contributed by atoms with Crippen molar-refractivity contribution < 1.29 is 4.79 Å². The van der Waals surface area contributed by atoms with Crippen molar-refractivity contribution in [2.75, 3.05) is 19.6 Å². The van der Waals surface area contributed by atoms with Gasteiger partial charge in [0.2, 0.25) is 5.91 Å². The van der Waals surface area contributed by atoms with E-state index in [1.807, 2.05) is 4.90 Å². The van der Waals surface area contributed by atoms with Crippen LogP contribution in [0.3, 0.4) is 0 Å². The van der Waals surface area contributed by atoms with Crippen LogP contribution in [0.1, 0.15) is 93.8 Å². The Morgan fingerprint density at radius 1 is 0.967 bits per heavy atom. The van der Waals surface area contributed by atoms with Gasteiger partial charge in [0.05, 0.1) is 17.3 Å². The molecule has 1 aromatic heterocycles. The van der Waals surface area contributed by atoms with Gasteiger partial charge >= 0.3 is 0 Å². The summed E-state index contributed by atoms with van der Waals surface area (Å²) in [4.78, 5) is 38.5. The number of nitrogens with one attached hydrogen (secondary N) is 1. The standard InChI is InChI=1S/C24H36N4O2/c29-23-19-16-27(15-17-7-2-1-3-8-17)14-12-20(19)25-22(26-23)21-11-4-5-13-28(21)24(30)18-9-6-10-18/h17-18,21H,1-16H2,(H,25,26,29). The summed E-state index contributed by atoms with van der Waals surface area (Å²) >= 11 is 0. The Balaban J connectivity index is 1.32. The first-order chi connectivity index (χ1) is 14.7. The van der Waals surface area contributed by atoms with Crippen LogP contribution in [0.4, 0.5) is 0 Å². The molecule has 2 saturated carbocycles. The topological polar surface area (TPSA) is 69.3 Å². The van der Waals surface area contributed by atoms with Crippen LogP contribution in [0.5, 0.6) is 0 Å². The molecule has 0 spiro atoms. The first kappa shape index (κ1) is 20.2. The first-order valence-electron chi connectivity index (χ1n) is 12.3. The van der Waals surface area contributed by atoms with Gasteiger partial charge in [0.25, 0.3) is 5.56 Å². The summed E-state index contributed by atoms with van der Waals surface area (Å²) in [7, 11) is 0. The number of fused-ring (bicyclic) bond motifs is 1. The molecule has 0 radical (unpaired) electrons. The molecule has 0 aromatic carbocycles. The molecule has 6 nitrogen and oxygen atoms in total. The first-order valence-corrected chi connectivity index (χ1v) is 12.3. The Hall–Kier alpha value is -1.69. The van der Waals surface area contributed by atoms with Gasteiger partial charge in [-0.1, -0.05) is 25.7 Å². The summed E-state index contributed by atoms with van der Waals surface area (Å²) in [5.74, 6) is 2.00. The van der Waals surface area contributed by atoms with Gasteiger partial charge in [-0.05, 0) is 50.9 Å². The van der Waals surface area contributed by atoms with E-state index in [4.69, 9.17) is 4.98 Å². The number of piperidine rings is 1. The predicted octanol–water partition coefficient (Wildman–Crippen LogP) is 3.56. The number of H-pyrrole nitrogens is 1. The molecular formula is C24H36N4O2. The third-order valence-corrected chi connectivity index (χ3v) is 7.96. The largest absolute Gasteiger partial charge is 0.332 e. The van der Waals surface area contributed by atoms with Gasteiger partial charge in [-0.15, -0.1) is 0 Å². The van der Waals surface area contributed by atoms with Crippen molar-refractivity contribution >= 4 is 5.91 Å². The molecule has 30 heavy (non-hydrogen) atoms. The van der Waals surface area contributed by atoms with Gasteiger partial charge in [0.15, 0.2) is 0 Å². The Morgan fingerprint density at radius 2 is 1.77 bits per heavy atom. The van der Waals surface area contributed by atoms with Crippen LogP contribution in [-0.2, 0) is 17.8 Å². The van der Waals surface area contributed by atoms with Gasteiger partial charge in [0.1, 0.15) is 5.82 Å². The number of hydrogen-bond donors (Lipinski definition) is 1. The molecule has 1 amide bonds. The van der Waals surface area contributed by atoms with Crippen LogP contribution < -0.4 is 5.56 Å². The second-order valence-corrected chi connectivity index (χ2v) is 10.0. The second kappa shape index (κ2) is 8.81. The predicted molar refractivity (Wildman–Crippen MR) is 116 cm³/mol. The molecule has 0 bridgehead atoms. The van der Waals surface area contributed by atoms with Crippen LogP contribution >= 0.6 is 0 Å². The van der Waals surface area contributed by atoms with E-state index >= 15 is 0 Å². The van der Waals surface area contributed by atoms with Crippen molar-refractivity contribution in [2.45, 2.75) is 89.6 Å². The molecule has 1 N–H and O–H groups in total. The molecular weight excluding hydrogens is 376 g/mol. The zero-order chi connectivity index (χ0) is 20.5. The van der Waals surface area contributed by atoms with Crippen molar-refractivity contribution in [2.24, 2.45) is 11.8 Å². The molecule has 1 unspecified atom stereocenters. The van der Waals surface area contributed by atoms with E-state index in [0.717, 1.165) is 87.7 Å². The average Bonchev–Trinajstić information content (AvgIpc) is 2.73. The van der Waals surface area contributed by atoms with Gasteiger partial charge < -0.3 is 9.88 Å². The van der Waals surface area contributed by atoms with Crippen LogP contribution in [-0.4, -0.2) is 45.3 Å². The maximum atomic E-state index is 13.0. The normalized spacial score (nSPS) is 26.3. The number of likely N-dealkylation sites (tertiary alicyclic amines) is 1. The van der Waals surface area contributed by atoms with Crippen molar-refractivity contribution in [1.82, 2.24) is 19.8 Å². The fourth-order valence-electron chi connectivity index (χ4n) is 5.92. The van der Waals surface area contributed by atoms with E-state index < -0.39 is 0 Å². The fourth-order valence-corrected chi connectivity index (χ4v) is 5.92. The van der Waals surface area contributed by atoms with Crippen molar-refractivity contribution in [1.29, 1.82) is 0 Å². The third-order valence-electron chi connectivity index (χ3n) is 7.96. The van der Waals surface area contributed by atoms with E-state index in [1.54, 1.807) is 0 Å². The number of carbonyl (C=O) groups is 1. The monoisotopic (exact) mass is 412 g/mol. The molecule has 3 heterocycles. The summed E-state index contributed by atoms with van der Waals surface area (Å²) in [6.07, 6.45) is 13.9. The minimum Gasteiger partial charge on any atom is -0.332 e. The molecule has 2 aliphatic heterocycles. The molecule has 5 rings (SSSR count). The van der Waals surface area contributed by atoms with Gasteiger partial charge in [-0.2, -0.15) is 0 Å². The Morgan fingerprint density at radius 3 is 2.53 bits per heavy atom. The summed E-state index contributed by atoms with van der Waals surface area (Å²) < 4.78 is 0. The number of hydrogen-bond acceptors (Lipinski definition) is 4. The molecule has 164 valence electrons. The number of nitrogens with zero attached hydrogens (tertiary/aromatic N) is 3. The Kier molecular flexibility index (Phi) is 5.94. The van der Waals surface area contributed by atoms with E-state index in [1.165, 1.54) is 38.5 Å². The summed E-state index contributed by atoms with van der Waals surface area (Å²) in [6.45, 7) is 3.64. The van der Waals surface area contributed by atoms with Crippen molar-refractivity contribution in [3.8, 4) is 0 Å². The highest BCUT2D eigenvalue weighted by molar-refractivity contribution is 5.80. The fraction of sp³-hybridized carbons (Fsp3) is 0.792. The molecule has 2 aliphatic carbocycles. The maximum absolute atomic E-state index is 13.0. The van der Waals surface area contributed by atoms with E-state index in [9.17, 15) is 9.59 Å². The maximum Gasteiger partial charge on any atom is 0.255 e. The lowest BCUT2D eigenvalue weighted by molar-refractivity contribution is -0.142. The highest BCUT2D eigenvalue weighted by Crippen LogP contribution is 2.35. The third kappa shape index (κ3) is 4.08. The Labute approximate surface area is 179 Å². The van der Waals surface area contributed by atoms with Crippen LogP contribution in [0.25, 0.3) is 0 Å². The molecule has 3 fully saturated rings. The van der Waals surface area contributed by atoms with Crippen LogP contribution in [0, 0.1) is 11.8 Å². The molecule has 1 saturated heterocycles. The summed E-state index contributed by atoms with van der Waals surface area (Å²) in [5.41, 5.74) is 1.84. The molecule has 6 heteroatoms. The average molecular weight is 413 g/mol. The molecule has 4 aliphatic rings. The van der Waals surface area contributed by atoms with Gasteiger partial charge in [-0.25, -0.2) is 4.98 Å². The zero-order valence-electron chi connectivity index (χ0n) is 18.2. The second-order valence-electron chi connectivity index (χ2n) is 10.0. The number of aromatic nitrogens is 2. The highest BCUT2D eigenvalue weighted by atomic mass is 16.2. The summed E-state index contributed by atoms with van der Waals surface area (Å²) in [6, 6.07) is -0.0508. The lowest BCUT2D eigenvalue weighted by Gasteiger charge is -2.39. The quantitative estimate of drug-likeness (QED) is 0.821. The van der Waals surface area contributed by atoms with E-state index in [-0.39, 0.29) is 23.4 Å². The number of carbonyl (C=O) groups excluding carboxylic acids is 1. The number of aromatic amines is 1. The number of rotatable bonds is 4. The lowest BCUT2D eigenvalue weighted by Crippen LogP contribution is -2.45. The van der Waals surface area contributed by atoms with Gasteiger partial charge in [0, 0.05) is 38.5 Å². The SMILES string of the molecule is O=C(C1CCC1)N1CCCCC1c1nc2c(c(=O)[nH]1)CN(CC1CCCCC1)CC2. The van der Waals surface area contributed by atoms with Crippen LogP contribution in [0.2, 0.25) is 0 Å². The van der Waals surface area contributed by atoms with E-state index in [2.05, 4.69) is 9.88 Å². The van der Waals surface area contributed by atoms with Crippen molar-refractivity contribution in [3.63, 3.8) is 0 Å². The van der Waals surface area contributed by atoms with Crippen LogP contribution in [0.15, 0.2) is 4.79 Å². The number of amides is 1. The smallest absolute Gasteiger partial charge is 0.255 e. The minimum atomic E-state index is -0.0508. The Bertz CT molecular complexity index is 825. The van der Waals surface area contributed by atoms with Gasteiger partial charge in [-0.3, -0.25) is 14.5 Å². The lowest BCUT2D eigenvalue weighted by atomic mass is 9.83. The highest BCUT2D eigenvalue weighted by Gasteiger charge is 2.36. The molecule has 1 atom stereocenters.